The zero-order valence-electron chi connectivity index (χ0n) is 20.4. The van der Waals surface area contributed by atoms with Crippen LogP contribution in [0.4, 0.5) is 17.6 Å². The van der Waals surface area contributed by atoms with Crippen molar-refractivity contribution in [1.82, 2.24) is 19.7 Å². The van der Waals surface area contributed by atoms with E-state index in [1.807, 2.05) is 6.07 Å². The van der Waals surface area contributed by atoms with Crippen LogP contribution in [0.3, 0.4) is 0 Å². The number of ether oxygens (including phenoxy) is 1. The van der Waals surface area contributed by atoms with E-state index < -0.39 is 23.7 Å². The number of nitriles is 1. The molecule has 1 aromatic heterocycles. The normalized spacial score (nSPS) is 11.2. The fourth-order valence-corrected chi connectivity index (χ4v) is 3.95. The molecule has 7 nitrogen and oxygen atoms in total. The van der Waals surface area contributed by atoms with E-state index in [4.69, 9.17) is 16.9 Å². The number of hydrogen-bond acceptors (Lipinski definition) is 5. The molecule has 0 saturated heterocycles. The second-order valence-corrected chi connectivity index (χ2v) is 9.04. The van der Waals surface area contributed by atoms with E-state index in [0.717, 1.165) is 17.7 Å². The summed E-state index contributed by atoms with van der Waals surface area (Å²) in [5.41, 5.74) is 1.40. The predicted molar refractivity (Wildman–Crippen MR) is 133 cm³/mol. The lowest BCUT2D eigenvalue weighted by Crippen LogP contribution is -2.32. The Hall–Kier alpha value is -4.43. The second kappa shape index (κ2) is 11.5. The molecule has 1 amide bonds. The Morgan fingerprint density at radius 2 is 1.85 bits per heavy atom. The summed E-state index contributed by atoms with van der Waals surface area (Å²) >= 11 is 6.09. The molecule has 0 aliphatic carbocycles. The van der Waals surface area contributed by atoms with E-state index in [9.17, 15) is 22.4 Å². The van der Waals surface area contributed by atoms with Crippen molar-refractivity contribution in [3.63, 3.8) is 0 Å². The van der Waals surface area contributed by atoms with Gasteiger partial charge in [-0.3, -0.25) is 4.79 Å². The van der Waals surface area contributed by atoms with Crippen molar-refractivity contribution < 1.29 is 27.1 Å². The first-order valence-electron chi connectivity index (χ1n) is 11.5. The van der Waals surface area contributed by atoms with Gasteiger partial charge in [0.2, 0.25) is 0 Å². The molecule has 0 aliphatic heterocycles. The molecule has 39 heavy (non-hydrogen) atoms. The Labute approximate surface area is 225 Å². The van der Waals surface area contributed by atoms with Crippen molar-refractivity contribution >= 4 is 17.5 Å². The van der Waals surface area contributed by atoms with Crippen molar-refractivity contribution in [1.29, 1.82) is 5.26 Å². The van der Waals surface area contributed by atoms with Crippen molar-refractivity contribution in [3.8, 4) is 11.8 Å². The van der Waals surface area contributed by atoms with Crippen molar-refractivity contribution in [3.05, 3.63) is 112 Å². The van der Waals surface area contributed by atoms with E-state index >= 15 is 0 Å². The number of nitrogens with zero attached hydrogens (tertiary/aromatic N) is 5. The first kappa shape index (κ1) is 27.6. The van der Waals surface area contributed by atoms with Crippen molar-refractivity contribution in [2.75, 3.05) is 0 Å². The summed E-state index contributed by atoms with van der Waals surface area (Å²) in [6.07, 6.45) is -2.02. The molecule has 0 aliphatic rings. The molecule has 0 spiro atoms. The van der Waals surface area contributed by atoms with Crippen LogP contribution in [0, 0.1) is 23.0 Å². The number of carbonyl (C=O) groups excluding carboxylic acids is 1. The van der Waals surface area contributed by atoms with Gasteiger partial charge in [-0.15, -0.1) is 10.2 Å². The van der Waals surface area contributed by atoms with Crippen LogP contribution in [0.5, 0.6) is 5.75 Å². The van der Waals surface area contributed by atoms with Gasteiger partial charge in [0.1, 0.15) is 23.7 Å². The molecule has 200 valence electrons. The van der Waals surface area contributed by atoms with Crippen LogP contribution in [0.25, 0.3) is 0 Å². The van der Waals surface area contributed by atoms with Crippen LogP contribution >= 0.6 is 11.6 Å². The fourth-order valence-electron chi connectivity index (χ4n) is 3.73. The van der Waals surface area contributed by atoms with Crippen LogP contribution in [-0.4, -0.2) is 31.7 Å². The van der Waals surface area contributed by atoms with Gasteiger partial charge in [0.15, 0.2) is 5.82 Å². The highest BCUT2D eigenvalue weighted by atomic mass is 35.5. The third-order valence-corrected chi connectivity index (χ3v) is 5.89. The lowest BCUT2D eigenvalue weighted by molar-refractivity contribution is -0.158. The monoisotopic (exact) mass is 557 g/mol. The zero-order valence-corrected chi connectivity index (χ0v) is 21.2. The van der Waals surface area contributed by atoms with Gasteiger partial charge in [-0.25, -0.2) is 8.78 Å². The highest BCUT2D eigenvalue weighted by Gasteiger charge is 2.26. The molecule has 12 heteroatoms. The first-order chi connectivity index (χ1) is 18.5. The average Bonchev–Trinajstić information content (AvgIpc) is 3.32. The Balaban J connectivity index is 1.63. The number of carbonyl (C=O) groups is 1. The summed E-state index contributed by atoms with van der Waals surface area (Å²) in [7, 11) is 0. The van der Waals surface area contributed by atoms with Gasteiger partial charge in [0, 0.05) is 30.7 Å². The molecule has 0 radical (unpaired) electrons. The molecule has 4 aromatic rings. The second-order valence-electron chi connectivity index (χ2n) is 8.64. The number of amides is 1. The smallest absolute Gasteiger partial charge is 0.394 e. The molecule has 0 fully saturated rings. The van der Waals surface area contributed by atoms with Gasteiger partial charge in [0.25, 0.3) is 5.91 Å². The highest BCUT2D eigenvalue weighted by molar-refractivity contribution is 6.32. The molecule has 0 saturated carbocycles. The zero-order chi connectivity index (χ0) is 28.2. The van der Waals surface area contributed by atoms with Gasteiger partial charge in [0.05, 0.1) is 29.7 Å². The van der Waals surface area contributed by atoms with Crippen LogP contribution in [0.1, 0.15) is 39.8 Å². The summed E-state index contributed by atoms with van der Waals surface area (Å²) < 4.78 is 60.7. The quantitative estimate of drug-likeness (QED) is 0.237. The number of rotatable bonds is 9. The molecule has 1 heterocycles. The van der Waals surface area contributed by atoms with Gasteiger partial charge < -0.3 is 14.2 Å². The number of aromatic nitrogens is 3. The SMILES string of the molecule is CC(F)(F)Oc1ccc(C(=O)N(Cc2ccc(F)cc2F)Cc2nncn2Cc2ccc(C#N)cc2)cc1Cl. The maximum absolute atomic E-state index is 14.5. The van der Waals surface area contributed by atoms with Crippen LogP contribution in [0.2, 0.25) is 5.02 Å². The minimum Gasteiger partial charge on any atom is -0.431 e. The van der Waals surface area contributed by atoms with Crippen LogP contribution in [-0.2, 0) is 19.6 Å². The summed E-state index contributed by atoms with van der Waals surface area (Å²) in [5, 5.41) is 16.8. The van der Waals surface area contributed by atoms with Gasteiger partial charge in [-0.1, -0.05) is 29.8 Å². The highest BCUT2D eigenvalue weighted by Crippen LogP contribution is 2.30. The van der Waals surface area contributed by atoms with Crippen LogP contribution in [0.15, 0.2) is 67.0 Å². The standard InChI is InChI=1S/C27H20ClF4N5O2/c1-27(31,32)39-24-9-7-19(10-22(24)28)26(38)36(14-20-6-8-21(29)11-23(20)30)15-25-35-34-16-37(25)13-18-4-2-17(12-33)3-5-18/h2-11,16H,13-15H2,1H3. The molecular formula is C27H20ClF4N5O2. The molecule has 0 unspecified atom stereocenters. The predicted octanol–water partition coefficient (Wildman–Crippen LogP) is 5.96. The largest absolute Gasteiger partial charge is 0.431 e. The third-order valence-electron chi connectivity index (χ3n) is 5.60. The lowest BCUT2D eigenvalue weighted by atomic mass is 10.1. The first-order valence-corrected chi connectivity index (χ1v) is 11.9. The topological polar surface area (TPSA) is 84.0 Å². The summed E-state index contributed by atoms with van der Waals surface area (Å²) in [6, 6.07) is 15.5. The van der Waals surface area contributed by atoms with E-state index in [-0.39, 0.29) is 35.0 Å². The molecule has 0 atom stereocenters. The Morgan fingerprint density at radius 3 is 2.49 bits per heavy atom. The van der Waals surface area contributed by atoms with E-state index in [1.165, 1.54) is 29.4 Å². The van der Waals surface area contributed by atoms with Gasteiger partial charge >= 0.3 is 6.11 Å². The van der Waals surface area contributed by atoms with Crippen LogP contribution < -0.4 is 4.74 Å². The maximum Gasteiger partial charge on any atom is 0.394 e. The van der Waals surface area contributed by atoms with Gasteiger partial charge in [-0.05, 0) is 42.0 Å². The number of hydrogen-bond donors (Lipinski definition) is 0. The Kier molecular flexibility index (Phi) is 8.16. The van der Waals surface area contributed by atoms with E-state index in [1.54, 1.807) is 28.8 Å². The summed E-state index contributed by atoms with van der Waals surface area (Å²) in [5.74, 6) is -2.21. The maximum atomic E-state index is 14.5. The lowest BCUT2D eigenvalue weighted by Gasteiger charge is -2.24. The summed E-state index contributed by atoms with van der Waals surface area (Å²) in [4.78, 5) is 14.8. The van der Waals surface area contributed by atoms with E-state index in [0.29, 0.717) is 30.9 Å². The van der Waals surface area contributed by atoms with E-state index in [2.05, 4.69) is 14.9 Å². The number of halogens is 5. The number of benzene rings is 3. The molecule has 0 bridgehead atoms. The fraction of sp³-hybridized carbons (Fsp3) is 0.185. The van der Waals surface area contributed by atoms with Gasteiger partial charge in [-0.2, -0.15) is 14.0 Å². The third kappa shape index (κ3) is 7.12. The molecular weight excluding hydrogens is 538 g/mol. The average molecular weight is 558 g/mol. The minimum atomic E-state index is -3.49. The van der Waals surface area contributed by atoms with Crippen molar-refractivity contribution in [2.24, 2.45) is 0 Å². The Morgan fingerprint density at radius 1 is 1.10 bits per heavy atom. The molecule has 0 N–H and O–H groups in total. The van der Waals surface area contributed by atoms with Crippen molar-refractivity contribution in [2.45, 2.75) is 32.7 Å². The minimum absolute atomic E-state index is 0.0208. The summed E-state index contributed by atoms with van der Waals surface area (Å²) in [6.45, 7) is 0.478. The Bertz CT molecular complexity index is 1530. The molecule has 4 rings (SSSR count). The molecule has 3 aromatic carbocycles. The number of alkyl halides is 2.